The third-order valence-electron chi connectivity index (χ3n) is 3.25. The predicted octanol–water partition coefficient (Wildman–Crippen LogP) is 4.34. The van der Waals surface area contributed by atoms with Gasteiger partial charge in [-0.25, -0.2) is 0 Å². The van der Waals surface area contributed by atoms with Crippen LogP contribution in [-0.2, 0) is 11.3 Å². The van der Waals surface area contributed by atoms with Gasteiger partial charge in [0.05, 0.1) is 18.2 Å². The van der Waals surface area contributed by atoms with E-state index in [-0.39, 0.29) is 5.91 Å². The highest BCUT2D eigenvalue weighted by molar-refractivity contribution is 7.07. The maximum atomic E-state index is 12.5. The van der Waals surface area contributed by atoms with Crippen LogP contribution >= 0.6 is 11.3 Å². The zero-order valence-electron chi connectivity index (χ0n) is 12.1. The molecule has 0 atom stereocenters. The van der Waals surface area contributed by atoms with Crippen molar-refractivity contribution in [3.8, 4) is 6.07 Å². The first kappa shape index (κ1) is 15.3. The molecule has 3 nitrogen and oxygen atoms in total. The van der Waals surface area contributed by atoms with Crippen LogP contribution in [0.15, 0.2) is 41.1 Å². The molecule has 1 amide bonds. The number of unbranched alkanes of at least 4 members (excludes halogenated alkanes) is 1. The molecular formula is C17H18N2OS. The number of hydrogen-bond acceptors (Lipinski definition) is 3. The Hall–Kier alpha value is -2.12. The molecule has 1 aromatic heterocycles. The average Bonchev–Trinajstić information content (AvgIpc) is 3.03. The van der Waals surface area contributed by atoms with E-state index in [1.165, 1.54) is 0 Å². The van der Waals surface area contributed by atoms with Crippen molar-refractivity contribution in [3.05, 3.63) is 52.2 Å². The molecule has 2 aromatic rings. The molecule has 0 N–H and O–H groups in total. The van der Waals surface area contributed by atoms with Gasteiger partial charge in [0.25, 0.3) is 0 Å². The predicted molar refractivity (Wildman–Crippen MR) is 86.2 cm³/mol. The number of thiophene rings is 1. The van der Waals surface area contributed by atoms with E-state index in [1.807, 2.05) is 29.0 Å². The van der Waals surface area contributed by atoms with Gasteiger partial charge >= 0.3 is 0 Å². The second kappa shape index (κ2) is 7.61. The minimum Gasteiger partial charge on any atom is -0.308 e. The van der Waals surface area contributed by atoms with Crippen molar-refractivity contribution >= 4 is 22.9 Å². The third-order valence-corrected chi connectivity index (χ3v) is 3.99. The van der Waals surface area contributed by atoms with E-state index < -0.39 is 0 Å². The summed E-state index contributed by atoms with van der Waals surface area (Å²) in [5, 5.41) is 13.1. The Kier molecular flexibility index (Phi) is 5.53. The van der Waals surface area contributed by atoms with Crippen LogP contribution in [0.2, 0.25) is 0 Å². The van der Waals surface area contributed by atoms with Gasteiger partial charge in [-0.2, -0.15) is 16.6 Å². The first-order valence-electron chi connectivity index (χ1n) is 7.06. The van der Waals surface area contributed by atoms with E-state index in [0.717, 1.165) is 24.1 Å². The highest BCUT2D eigenvalue weighted by atomic mass is 32.1. The Morgan fingerprint density at radius 1 is 1.38 bits per heavy atom. The molecule has 0 aliphatic carbocycles. The van der Waals surface area contributed by atoms with Crippen LogP contribution in [0.5, 0.6) is 0 Å². The number of carbonyl (C=O) groups excluding carboxylic acids is 1. The van der Waals surface area contributed by atoms with Crippen LogP contribution < -0.4 is 4.90 Å². The minimum atomic E-state index is 0.109. The van der Waals surface area contributed by atoms with Gasteiger partial charge in [-0.1, -0.05) is 19.4 Å². The maximum Gasteiger partial charge on any atom is 0.227 e. The molecule has 0 saturated heterocycles. The topological polar surface area (TPSA) is 44.1 Å². The maximum absolute atomic E-state index is 12.5. The van der Waals surface area contributed by atoms with Gasteiger partial charge in [0, 0.05) is 12.1 Å². The molecule has 4 heteroatoms. The summed E-state index contributed by atoms with van der Waals surface area (Å²) in [6.07, 6.45) is 2.42. The molecule has 0 aliphatic heterocycles. The van der Waals surface area contributed by atoms with Gasteiger partial charge in [-0.3, -0.25) is 4.79 Å². The Morgan fingerprint density at radius 3 is 2.90 bits per heavy atom. The van der Waals surface area contributed by atoms with Crippen molar-refractivity contribution in [2.45, 2.75) is 32.7 Å². The molecule has 0 radical (unpaired) electrons. The molecule has 0 spiro atoms. The second-order valence-corrected chi connectivity index (χ2v) is 5.66. The Morgan fingerprint density at radius 2 is 2.24 bits per heavy atom. The van der Waals surface area contributed by atoms with Crippen molar-refractivity contribution in [1.82, 2.24) is 0 Å². The molecule has 0 unspecified atom stereocenters. The molecule has 108 valence electrons. The van der Waals surface area contributed by atoms with E-state index >= 15 is 0 Å². The van der Waals surface area contributed by atoms with Crippen LogP contribution in [-0.4, -0.2) is 5.91 Å². The van der Waals surface area contributed by atoms with Crippen LogP contribution in [0.25, 0.3) is 0 Å². The van der Waals surface area contributed by atoms with E-state index in [9.17, 15) is 4.79 Å². The van der Waals surface area contributed by atoms with E-state index in [4.69, 9.17) is 5.26 Å². The molecular weight excluding hydrogens is 280 g/mol. The largest absolute Gasteiger partial charge is 0.308 e. The Bertz CT molecular complexity index is 628. The number of benzene rings is 1. The monoisotopic (exact) mass is 298 g/mol. The standard InChI is InChI=1S/C17H18N2OS/c1-2-3-7-17(20)19(12-15-8-9-21-13-15)16-6-4-5-14(10-16)11-18/h4-6,8-10,13H,2-3,7,12H2,1H3. The molecule has 1 heterocycles. The second-order valence-electron chi connectivity index (χ2n) is 4.88. The lowest BCUT2D eigenvalue weighted by molar-refractivity contribution is -0.118. The van der Waals surface area contributed by atoms with E-state index in [2.05, 4.69) is 13.0 Å². The lowest BCUT2D eigenvalue weighted by atomic mass is 10.1. The van der Waals surface area contributed by atoms with E-state index in [1.54, 1.807) is 28.4 Å². The number of carbonyl (C=O) groups is 1. The van der Waals surface area contributed by atoms with Crippen molar-refractivity contribution < 1.29 is 4.79 Å². The molecule has 0 fully saturated rings. The quantitative estimate of drug-likeness (QED) is 0.796. The van der Waals surface area contributed by atoms with Gasteiger partial charge in [0.2, 0.25) is 5.91 Å². The molecule has 0 saturated carbocycles. The van der Waals surface area contributed by atoms with Crippen molar-refractivity contribution in [2.75, 3.05) is 4.90 Å². The molecule has 21 heavy (non-hydrogen) atoms. The summed E-state index contributed by atoms with van der Waals surface area (Å²) < 4.78 is 0. The highest BCUT2D eigenvalue weighted by Crippen LogP contribution is 2.21. The zero-order valence-corrected chi connectivity index (χ0v) is 12.9. The summed E-state index contributed by atoms with van der Waals surface area (Å²) >= 11 is 1.62. The molecule has 1 aromatic carbocycles. The van der Waals surface area contributed by atoms with Gasteiger partial charge in [0.15, 0.2) is 0 Å². The van der Waals surface area contributed by atoms with Crippen molar-refractivity contribution in [2.24, 2.45) is 0 Å². The van der Waals surface area contributed by atoms with Crippen LogP contribution in [0, 0.1) is 11.3 Å². The van der Waals surface area contributed by atoms with Crippen LogP contribution in [0.3, 0.4) is 0 Å². The third kappa shape index (κ3) is 4.17. The van der Waals surface area contributed by atoms with E-state index in [0.29, 0.717) is 18.5 Å². The average molecular weight is 298 g/mol. The lowest BCUT2D eigenvalue weighted by Gasteiger charge is -2.22. The van der Waals surface area contributed by atoms with Gasteiger partial charge in [0.1, 0.15) is 0 Å². The van der Waals surface area contributed by atoms with Crippen LogP contribution in [0.4, 0.5) is 5.69 Å². The fourth-order valence-electron chi connectivity index (χ4n) is 2.09. The summed E-state index contributed by atoms with van der Waals surface area (Å²) in [6, 6.07) is 11.4. The Labute approximate surface area is 129 Å². The molecule has 2 rings (SSSR count). The number of amides is 1. The number of hydrogen-bond donors (Lipinski definition) is 0. The number of rotatable bonds is 6. The van der Waals surface area contributed by atoms with Crippen molar-refractivity contribution in [1.29, 1.82) is 5.26 Å². The fraction of sp³-hybridized carbons (Fsp3) is 0.294. The molecule has 0 bridgehead atoms. The number of anilines is 1. The first-order chi connectivity index (χ1) is 10.2. The summed E-state index contributed by atoms with van der Waals surface area (Å²) in [4.78, 5) is 14.3. The highest BCUT2D eigenvalue weighted by Gasteiger charge is 2.16. The lowest BCUT2D eigenvalue weighted by Crippen LogP contribution is -2.30. The summed E-state index contributed by atoms with van der Waals surface area (Å²) in [6.45, 7) is 2.63. The number of nitrogens with zero attached hydrogens (tertiary/aromatic N) is 2. The zero-order chi connectivity index (χ0) is 15.1. The van der Waals surface area contributed by atoms with Gasteiger partial charge < -0.3 is 4.90 Å². The Balaban J connectivity index is 2.25. The smallest absolute Gasteiger partial charge is 0.227 e. The normalized spacial score (nSPS) is 10.1. The van der Waals surface area contributed by atoms with Gasteiger partial charge in [-0.15, -0.1) is 0 Å². The fourth-order valence-corrected chi connectivity index (χ4v) is 2.75. The first-order valence-corrected chi connectivity index (χ1v) is 8.00. The molecule has 0 aliphatic rings. The minimum absolute atomic E-state index is 0.109. The van der Waals surface area contributed by atoms with Crippen molar-refractivity contribution in [3.63, 3.8) is 0 Å². The number of nitriles is 1. The summed E-state index contributed by atoms with van der Waals surface area (Å²) in [5.41, 5.74) is 2.49. The van der Waals surface area contributed by atoms with Crippen LogP contribution in [0.1, 0.15) is 37.3 Å². The van der Waals surface area contributed by atoms with Gasteiger partial charge in [-0.05, 0) is 47.0 Å². The summed E-state index contributed by atoms with van der Waals surface area (Å²) in [5.74, 6) is 0.109. The SMILES string of the molecule is CCCCC(=O)N(Cc1ccsc1)c1cccc(C#N)c1. The summed E-state index contributed by atoms with van der Waals surface area (Å²) in [7, 11) is 0.